The third-order valence-electron chi connectivity index (χ3n) is 2.51. The van der Waals surface area contributed by atoms with Gasteiger partial charge in [-0.1, -0.05) is 12.1 Å². The smallest absolute Gasteiger partial charge is 0.414 e. The molecule has 1 aliphatic rings. The highest BCUT2D eigenvalue weighted by atomic mass is 16.6. The van der Waals surface area contributed by atoms with E-state index in [0.29, 0.717) is 13.2 Å². The van der Waals surface area contributed by atoms with Gasteiger partial charge in [-0.2, -0.15) is 0 Å². The van der Waals surface area contributed by atoms with Crippen LogP contribution in [-0.2, 0) is 4.74 Å². The maximum atomic E-state index is 11.5. The van der Waals surface area contributed by atoms with E-state index >= 15 is 0 Å². The summed E-state index contributed by atoms with van der Waals surface area (Å²) in [6, 6.07) is 7.71. The molecule has 1 fully saturated rings. The van der Waals surface area contributed by atoms with Crippen LogP contribution in [0.1, 0.15) is 5.56 Å². The first kappa shape index (κ1) is 9.98. The molecule has 4 heteroatoms. The zero-order valence-corrected chi connectivity index (χ0v) is 8.64. The molecule has 1 aromatic carbocycles. The molecule has 15 heavy (non-hydrogen) atoms. The van der Waals surface area contributed by atoms with Gasteiger partial charge in [-0.3, -0.25) is 4.90 Å². The Morgan fingerprint density at radius 2 is 2.40 bits per heavy atom. The lowest BCUT2D eigenvalue weighted by molar-refractivity contribution is 0.179. The van der Waals surface area contributed by atoms with Gasteiger partial charge in [-0.05, 0) is 24.6 Å². The topological polar surface area (TPSA) is 55.6 Å². The number of aryl methyl sites for hydroxylation is 1. The summed E-state index contributed by atoms with van der Waals surface area (Å²) < 4.78 is 4.97. The van der Waals surface area contributed by atoms with Gasteiger partial charge >= 0.3 is 6.09 Å². The first-order valence-corrected chi connectivity index (χ1v) is 4.95. The van der Waals surface area contributed by atoms with Crippen LogP contribution >= 0.6 is 0 Å². The van der Waals surface area contributed by atoms with Crippen LogP contribution in [0.15, 0.2) is 24.3 Å². The molecule has 80 valence electrons. The first-order chi connectivity index (χ1) is 7.22. The van der Waals surface area contributed by atoms with E-state index in [2.05, 4.69) is 0 Å². The van der Waals surface area contributed by atoms with Crippen molar-refractivity contribution < 1.29 is 9.53 Å². The largest absolute Gasteiger partial charge is 0.447 e. The molecule has 0 radical (unpaired) electrons. The normalized spacial score (nSPS) is 20.5. The van der Waals surface area contributed by atoms with E-state index < -0.39 is 0 Å². The van der Waals surface area contributed by atoms with Crippen molar-refractivity contribution in [1.29, 1.82) is 0 Å². The van der Waals surface area contributed by atoms with Gasteiger partial charge in [-0.25, -0.2) is 4.79 Å². The molecule has 1 heterocycles. The minimum atomic E-state index is -0.309. The van der Waals surface area contributed by atoms with Gasteiger partial charge in [0.1, 0.15) is 6.61 Å². The molecule has 4 nitrogen and oxygen atoms in total. The van der Waals surface area contributed by atoms with Crippen LogP contribution in [-0.4, -0.2) is 25.3 Å². The Labute approximate surface area is 88.6 Å². The number of hydrogen-bond acceptors (Lipinski definition) is 3. The molecule has 0 bridgehead atoms. The van der Waals surface area contributed by atoms with Crippen molar-refractivity contribution in [2.45, 2.75) is 13.0 Å². The van der Waals surface area contributed by atoms with Gasteiger partial charge in [0, 0.05) is 12.2 Å². The Morgan fingerprint density at radius 3 is 3.07 bits per heavy atom. The fourth-order valence-electron chi connectivity index (χ4n) is 1.73. The van der Waals surface area contributed by atoms with E-state index in [1.165, 1.54) is 0 Å². The standard InChI is InChI=1S/C11H14N2O2/c1-8-3-2-4-9(5-8)13-10(6-12)7-15-11(13)14/h2-5,10H,6-7,12H2,1H3. The molecule has 1 atom stereocenters. The number of cyclic esters (lactones) is 1. The Kier molecular flexibility index (Phi) is 2.60. The van der Waals surface area contributed by atoms with Crippen molar-refractivity contribution >= 4 is 11.8 Å². The second-order valence-corrected chi connectivity index (χ2v) is 3.68. The molecule has 2 rings (SSSR count). The molecule has 0 spiro atoms. The second-order valence-electron chi connectivity index (χ2n) is 3.68. The van der Waals surface area contributed by atoms with Crippen molar-refractivity contribution in [3.05, 3.63) is 29.8 Å². The zero-order valence-electron chi connectivity index (χ0n) is 8.64. The first-order valence-electron chi connectivity index (χ1n) is 4.95. The third kappa shape index (κ3) is 1.80. The van der Waals surface area contributed by atoms with Gasteiger partial charge in [0.15, 0.2) is 0 Å². The lowest BCUT2D eigenvalue weighted by Gasteiger charge is -2.20. The average Bonchev–Trinajstić information content (AvgIpc) is 2.59. The van der Waals surface area contributed by atoms with E-state index in [1.54, 1.807) is 4.90 Å². The van der Waals surface area contributed by atoms with Crippen LogP contribution in [0.2, 0.25) is 0 Å². The number of anilines is 1. The summed E-state index contributed by atoms with van der Waals surface area (Å²) in [6.07, 6.45) is -0.309. The number of nitrogens with two attached hydrogens (primary N) is 1. The molecule has 0 saturated carbocycles. The highest BCUT2D eigenvalue weighted by Crippen LogP contribution is 2.23. The summed E-state index contributed by atoms with van der Waals surface area (Å²) in [5, 5.41) is 0. The zero-order chi connectivity index (χ0) is 10.8. The fourth-order valence-corrected chi connectivity index (χ4v) is 1.73. The average molecular weight is 206 g/mol. The monoisotopic (exact) mass is 206 g/mol. The van der Waals surface area contributed by atoms with Crippen molar-refractivity contribution in [3.63, 3.8) is 0 Å². The van der Waals surface area contributed by atoms with Crippen LogP contribution in [0.4, 0.5) is 10.5 Å². The van der Waals surface area contributed by atoms with Gasteiger partial charge in [0.25, 0.3) is 0 Å². The van der Waals surface area contributed by atoms with Gasteiger partial charge < -0.3 is 10.5 Å². The van der Waals surface area contributed by atoms with E-state index in [0.717, 1.165) is 11.3 Å². The number of amides is 1. The SMILES string of the molecule is Cc1cccc(N2C(=O)OCC2CN)c1. The summed E-state index contributed by atoms with van der Waals surface area (Å²) in [6.45, 7) is 2.78. The van der Waals surface area contributed by atoms with Gasteiger partial charge in [0.05, 0.1) is 6.04 Å². The van der Waals surface area contributed by atoms with Crippen LogP contribution < -0.4 is 10.6 Å². The number of rotatable bonds is 2. The summed E-state index contributed by atoms with van der Waals surface area (Å²) in [7, 11) is 0. The Hall–Kier alpha value is -1.55. The van der Waals surface area contributed by atoms with Crippen molar-refractivity contribution in [1.82, 2.24) is 0 Å². The molecular weight excluding hydrogens is 192 g/mol. The predicted molar refractivity (Wildman–Crippen MR) is 57.8 cm³/mol. The number of hydrogen-bond donors (Lipinski definition) is 1. The minimum absolute atomic E-state index is 0.0423. The summed E-state index contributed by atoms with van der Waals surface area (Å²) in [5.74, 6) is 0. The number of ether oxygens (including phenoxy) is 1. The van der Waals surface area contributed by atoms with E-state index in [4.69, 9.17) is 10.5 Å². The molecule has 1 amide bonds. The Balaban J connectivity index is 2.32. The summed E-state index contributed by atoms with van der Waals surface area (Å²) >= 11 is 0. The number of carbonyl (C=O) groups excluding carboxylic acids is 1. The Bertz CT molecular complexity index is 379. The van der Waals surface area contributed by atoms with Crippen molar-refractivity contribution in [2.75, 3.05) is 18.1 Å². The van der Waals surface area contributed by atoms with Gasteiger partial charge in [0.2, 0.25) is 0 Å². The molecule has 0 aliphatic carbocycles. The predicted octanol–water partition coefficient (Wildman–Crippen LogP) is 1.28. The summed E-state index contributed by atoms with van der Waals surface area (Å²) in [4.78, 5) is 13.1. The Morgan fingerprint density at radius 1 is 1.60 bits per heavy atom. The maximum absolute atomic E-state index is 11.5. The molecule has 1 unspecified atom stereocenters. The number of benzene rings is 1. The third-order valence-corrected chi connectivity index (χ3v) is 2.51. The van der Waals surface area contributed by atoms with Crippen LogP contribution in [0.25, 0.3) is 0 Å². The highest BCUT2D eigenvalue weighted by molar-refractivity contribution is 5.90. The molecular formula is C11H14N2O2. The van der Waals surface area contributed by atoms with Crippen LogP contribution in [0.5, 0.6) is 0 Å². The minimum Gasteiger partial charge on any atom is -0.447 e. The number of carbonyl (C=O) groups is 1. The van der Waals surface area contributed by atoms with Crippen molar-refractivity contribution in [3.8, 4) is 0 Å². The quantitative estimate of drug-likeness (QED) is 0.793. The maximum Gasteiger partial charge on any atom is 0.414 e. The fraction of sp³-hybridized carbons (Fsp3) is 0.364. The van der Waals surface area contributed by atoms with E-state index in [-0.39, 0.29) is 12.1 Å². The molecule has 1 saturated heterocycles. The van der Waals surface area contributed by atoms with Crippen LogP contribution in [0.3, 0.4) is 0 Å². The van der Waals surface area contributed by atoms with E-state index in [9.17, 15) is 4.79 Å². The lowest BCUT2D eigenvalue weighted by Crippen LogP contribution is -2.38. The molecule has 2 N–H and O–H groups in total. The van der Waals surface area contributed by atoms with Gasteiger partial charge in [-0.15, -0.1) is 0 Å². The molecule has 1 aromatic rings. The highest BCUT2D eigenvalue weighted by Gasteiger charge is 2.32. The van der Waals surface area contributed by atoms with Crippen LogP contribution in [0, 0.1) is 6.92 Å². The molecule has 1 aliphatic heterocycles. The van der Waals surface area contributed by atoms with E-state index in [1.807, 2.05) is 31.2 Å². The lowest BCUT2D eigenvalue weighted by atomic mass is 10.2. The summed E-state index contributed by atoms with van der Waals surface area (Å²) in [5.41, 5.74) is 7.56. The van der Waals surface area contributed by atoms with Crippen molar-refractivity contribution in [2.24, 2.45) is 5.73 Å². The molecule has 0 aromatic heterocycles. The second kappa shape index (κ2) is 3.90. The number of nitrogens with zero attached hydrogens (tertiary/aromatic N) is 1.